The Labute approximate surface area is 111 Å². The van der Waals surface area contributed by atoms with Gasteiger partial charge in [-0.1, -0.05) is 6.07 Å². The molecule has 19 heavy (non-hydrogen) atoms. The monoisotopic (exact) mass is 259 g/mol. The summed E-state index contributed by atoms with van der Waals surface area (Å²) in [4.78, 5) is 0. The zero-order chi connectivity index (χ0) is 13.4. The van der Waals surface area contributed by atoms with Crippen LogP contribution in [0.4, 0.5) is 0 Å². The van der Waals surface area contributed by atoms with Crippen molar-refractivity contribution in [3.63, 3.8) is 0 Å². The molecule has 100 valence electrons. The third-order valence-electron chi connectivity index (χ3n) is 3.43. The van der Waals surface area contributed by atoms with Crippen LogP contribution in [0.5, 0.6) is 11.5 Å². The molecule has 1 atom stereocenters. The van der Waals surface area contributed by atoms with Crippen LogP contribution in [-0.4, -0.2) is 23.1 Å². The number of nitrogens with two attached hydrogens (primary N) is 1. The zero-order valence-electron chi connectivity index (χ0n) is 11.1. The molecule has 1 aliphatic heterocycles. The van der Waals surface area contributed by atoms with E-state index in [4.69, 9.17) is 15.2 Å². The molecule has 2 N–H and O–H groups in total. The van der Waals surface area contributed by atoms with Crippen LogP contribution in [0.15, 0.2) is 24.3 Å². The zero-order valence-corrected chi connectivity index (χ0v) is 11.1. The summed E-state index contributed by atoms with van der Waals surface area (Å²) in [5.74, 6) is 1.69. The Hall–Kier alpha value is -2.01. The molecule has 0 spiro atoms. The second kappa shape index (κ2) is 4.59. The maximum atomic E-state index is 5.95. The lowest BCUT2D eigenvalue weighted by Gasteiger charge is -2.16. The lowest BCUT2D eigenvalue weighted by Crippen LogP contribution is -2.17. The van der Waals surface area contributed by atoms with Crippen LogP contribution in [-0.2, 0) is 7.05 Å². The van der Waals surface area contributed by atoms with Crippen molar-refractivity contribution >= 4 is 0 Å². The number of hydrogen-bond acceptors (Lipinski definition) is 4. The van der Waals surface area contributed by atoms with Gasteiger partial charge in [0, 0.05) is 25.2 Å². The summed E-state index contributed by atoms with van der Waals surface area (Å²) in [6.07, 6.45) is 0. The average molecular weight is 259 g/mol. The van der Waals surface area contributed by atoms with Gasteiger partial charge >= 0.3 is 0 Å². The first-order chi connectivity index (χ1) is 9.19. The van der Waals surface area contributed by atoms with Crippen LogP contribution in [0.2, 0.25) is 0 Å². The number of benzene rings is 1. The normalized spacial score (nSPS) is 14.7. The second-order valence-electron chi connectivity index (χ2n) is 4.74. The second-order valence-corrected chi connectivity index (χ2v) is 4.74. The van der Waals surface area contributed by atoms with Crippen molar-refractivity contribution in [1.29, 1.82) is 0 Å². The van der Waals surface area contributed by atoms with Crippen LogP contribution >= 0.6 is 0 Å². The number of ether oxygens (including phenoxy) is 2. The van der Waals surface area contributed by atoms with E-state index in [-0.39, 0.29) is 12.7 Å². The minimum absolute atomic E-state index is 0.112. The van der Waals surface area contributed by atoms with Crippen molar-refractivity contribution in [2.75, 3.05) is 13.3 Å². The van der Waals surface area contributed by atoms with Gasteiger partial charge in [0.2, 0.25) is 6.79 Å². The van der Waals surface area contributed by atoms with Gasteiger partial charge in [-0.25, -0.2) is 0 Å². The maximum absolute atomic E-state index is 5.95. The van der Waals surface area contributed by atoms with Crippen molar-refractivity contribution in [2.45, 2.75) is 12.8 Å². The highest BCUT2D eigenvalue weighted by Crippen LogP contribution is 2.36. The molecule has 0 bridgehead atoms. The molecule has 0 radical (unpaired) electrons. The molecule has 0 amide bonds. The quantitative estimate of drug-likeness (QED) is 0.908. The van der Waals surface area contributed by atoms with E-state index >= 15 is 0 Å². The predicted molar refractivity (Wildman–Crippen MR) is 71.4 cm³/mol. The van der Waals surface area contributed by atoms with Crippen LogP contribution in [0, 0.1) is 6.92 Å². The number of hydrogen-bond donors (Lipinski definition) is 1. The van der Waals surface area contributed by atoms with E-state index in [1.165, 1.54) is 0 Å². The molecule has 2 aromatic rings. The number of fused-ring (bicyclic) bond motifs is 1. The van der Waals surface area contributed by atoms with Gasteiger partial charge in [-0.05, 0) is 30.7 Å². The summed E-state index contributed by atoms with van der Waals surface area (Å²) in [7, 11) is 1.94. The molecule has 1 aliphatic rings. The third kappa shape index (κ3) is 2.06. The van der Waals surface area contributed by atoms with Gasteiger partial charge in [-0.15, -0.1) is 0 Å². The molecule has 5 heteroatoms. The molecule has 0 saturated heterocycles. The summed E-state index contributed by atoms with van der Waals surface area (Å²) >= 11 is 0. The van der Waals surface area contributed by atoms with Crippen LogP contribution in [0.1, 0.15) is 22.9 Å². The van der Waals surface area contributed by atoms with Crippen molar-refractivity contribution in [3.05, 3.63) is 41.2 Å². The molecule has 5 nitrogen and oxygen atoms in total. The number of nitrogens with zero attached hydrogens (tertiary/aromatic N) is 2. The van der Waals surface area contributed by atoms with Gasteiger partial charge < -0.3 is 15.2 Å². The fourth-order valence-corrected chi connectivity index (χ4v) is 2.51. The highest BCUT2D eigenvalue weighted by molar-refractivity contribution is 5.47. The van der Waals surface area contributed by atoms with E-state index in [1.807, 2.05) is 36.9 Å². The first-order valence-electron chi connectivity index (χ1n) is 6.29. The number of rotatable bonds is 3. The number of aromatic nitrogens is 2. The molecular formula is C14H17N3O2. The van der Waals surface area contributed by atoms with E-state index < -0.39 is 0 Å². The van der Waals surface area contributed by atoms with E-state index in [9.17, 15) is 0 Å². The van der Waals surface area contributed by atoms with Crippen molar-refractivity contribution < 1.29 is 9.47 Å². The maximum Gasteiger partial charge on any atom is 0.231 e. The molecule has 1 unspecified atom stereocenters. The summed E-state index contributed by atoms with van der Waals surface area (Å²) in [5.41, 5.74) is 9.17. The molecular weight excluding hydrogens is 242 g/mol. The smallest absolute Gasteiger partial charge is 0.231 e. The van der Waals surface area contributed by atoms with Crippen molar-refractivity contribution in [2.24, 2.45) is 12.8 Å². The fraction of sp³-hybridized carbons (Fsp3) is 0.357. The first kappa shape index (κ1) is 12.0. The number of aryl methyl sites for hydroxylation is 2. The van der Waals surface area contributed by atoms with Crippen LogP contribution < -0.4 is 15.2 Å². The highest BCUT2D eigenvalue weighted by atomic mass is 16.7. The molecule has 3 rings (SSSR count). The molecule has 1 aromatic carbocycles. The average Bonchev–Trinajstić information content (AvgIpc) is 2.97. The van der Waals surface area contributed by atoms with Crippen LogP contribution in [0.3, 0.4) is 0 Å². The predicted octanol–water partition coefficient (Wildman–Crippen LogP) is 1.55. The topological polar surface area (TPSA) is 62.3 Å². The van der Waals surface area contributed by atoms with Gasteiger partial charge in [-0.3, -0.25) is 4.68 Å². The van der Waals surface area contributed by atoms with Crippen molar-refractivity contribution in [1.82, 2.24) is 9.78 Å². The van der Waals surface area contributed by atoms with E-state index in [1.54, 1.807) is 0 Å². The standard InChI is InChI=1S/C14H17N3O2/c1-9-5-12(17(2)16-9)11(7-15)10-3-4-13-14(6-10)19-8-18-13/h3-6,11H,7-8,15H2,1-2H3. The summed E-state index contributed by atoms with van der Waals surface area (Å²) in [6, 6.07) is 8.04. The Kier molecular flexibility index (Phi) is 2.91. The molecule has 0 saturated carbocycles. The van der Waals surface area contributed by atoms with E-state index in [2.05, 4.69) is 11.2 Å². The van der Waals surface area contributed by atoms with Gasteiger partial charge in [0.15, 0.2) is 11.5 Å². The molecule has 2 heterocycles. The molecule has 0 fully saturated rings. The summed E-state index contributed by atoms with van der Waals surface area (Å²) in [6.45, 7) is 2.80. The third-order valence-corrected chi connectivity index (χ3v) is 3.43. The van der Waals surface area contributed by atoms with Crippen LogP contribution in [0.25, 0.3) is 0 Å². The fourth-order valence-electron chi connectivity index (χ4n) is 2.51. The molecule has 1 aromatic heterocycles. The Morgan fingerprint density at radius 3 is 2.79 bits per heavy atom. The first-order valence-corrected chi connectivity index (χ1v) is 6.29. The summed E-state index contributed by atoms with van der Waals surface area (Å²) < 4.78 is 12.6. The van der Waals surface area contributed by atoms with Gasteiger partial charge in [0.1, 0.15) is 0 Å². The van der Waals surface area contributed by atoms with Gasteiger partial charge in [-0.2, -0.15) is 5.10 Å². The largest absolute Gasteiger partial charge is 0.454 e. The Bertz CT molecular complexity index is 607. The lowest BCUT2D eigenvalue weighted by atomic mass is 9.95. The summed E-state index contributed by atoms with van der Waals surface area (Å²) in [5, 5.41) is 4.38. The minimum Gasteiger partial charge on any atom is -0.454 e. The van der Waals surface area contributed by atoms with E-state index in [0.717, 1.165) is 28.5 Å². The van der Waals surface area contributed by atoms with Gasteiger partial charge in [0.05, 0.1) is 5.69 Å². The molecule has 0 aliphatic carbocycles. The van der Waals surface area contributed by atoms with Crippen molar-refractivity contribution in [3.8, 4) is 11.5 Å². The SMILES string of the molecule is Cc1cc(C(CN)c2ccc3c(c2)OCO3)n(C)n1. The Morgan fingerprint density at radius 2 is 2.11 bits per heavy atom. The Balaban J connectivity index is 2.00. The Morgan fingerprint density at radius 1 is 1.32 bits per heavy atom. The lowest BCUT2D eigenvalue weighted by molar-refractivity contribution is 0.174. The van der Waals surface area contributed by atoms with E-state index in [0.29, 0.717) is 6.54 Å². The minimum atomic E-state index is 0.112. The highest BCUT2D eigenvalue weighted by Gasteiger charge is 2.20. The van der Waals surface area contributed by atoms with Gasteiger partial charge in [0.25, 0.3) is 0 Å².